The van der Waals surface area contributed by atoms with Crippen LogP contribution in [-0.2, 0) is 4.79 Å². The molecule has 4 nitrogen and oxygen atoms in total. The summed E-state index contributed by atoms with van der Waals surface area (Å²) in [6.07, 6.45) is 0.420. The van der Waals surface area contributed by atoms with Crippen molar-refractivity contribution in [3.05, 3.63) is 43.7 Å². The van der Waals surface area contributed by atoms with Crippen molar-refractivity contribution in [2.75, 3.05) is 10.6 Å². The van der Waals surface area contributed by atoms with E-state index in [1.54, 1.807) is 6.92 Å². The fourth-order valence-corrected chi connectivity index (χ4v) is 3.10. The molecule has 0 aliphatic heterocycles. The van der Waals surface area contributed by atoms with E-state index in [9.17, 15) is 9.59 Å². The second-order valence-corrected chi connectivity index (χ2v) is 7.28. The summed E-state index contributed by atoms with van der Waals surface area (Å²) >= 11 is 3.72. The van der Waals surface area contributed by atoms with Crippen molar-refractivity contribution < 1.29 is 9.59 Å². The topological polar surface area (TPSA) is 58.2 Å². The number of halogens is 1. The van der Waals surface area contributed by atoms with E-state index in [1.807, 2.05) is 36.6 Å². The molecule has 110 valence electrons. The molecular weight excluding hydrogens is 399 g/mol. The van der Waals surface area contributed by atoms with Gasteiger partial charge in [0.1, 0.15) is 0 Å². The normalized spacial score (nSPS) is 10.2. The zero-order chi connectivity index (χ0) is 15.4. The Labute approximate surface area is 141 Å². The smallest absolute Gasteiger partial charge is 0.256 e. The van der Waals surface area contributed by atoms with Crippen molar-refractivity contribution in [3.8, 4) is 0 Å². The Balaban J connectivity index is 2.18. The maximum Gasteiger partial charge on any atom is 0.256 e. The largest absolute Gasteiger partial charge is 0.326 e. The molecule has 0 aliphatic rings. The van der Waals surface area contributed by atoms with Crippen LogP contribution in [0.3, 0.4) is 0 Å². The summed E-state index contributed by atoms with van der Waals surface area (Å²) in [6, 6.07) is 7.31. The Hall–Kier alpha value is -1.41. The summed E-state index contributed by atoms with van der Waals surface area (Å²) < 4.78 is 1.07. The number of carbonyl (C=O) groups is 2. The first-order chi connectivity index (χ1) is 10.0. The summed E-state index contributed by atoms with van der Waals surface area (Å²) in [7, 11) is 0. The number of amides is 2. The molecule has 21 heavy (non-hydrogen) atoms. The highest BCUT2D eigenvalue weighted by molar-refractivity contribution is 14.1. The summed E-state index contributed by atoms with van der Waals surface area (Å²) in [6.45, 7) is 3.67. The van der Waals surface area contributed by atoms with Crippen molar-refractivity contribution in [2.24, 2.45) is 0 Å². The fourth-order valence-electron chi connectivity index (χ4n) is 1.77. The van der Waals surface area contributed by atoms with E-state index in [-0.39, 0.29) is 11.8 Å². The molecule has 6 heteroatoms. The average molecular weight is 414 g/mol. The van der Waals surface area contributed by atoms with Crippen LogP contribution in [0.25, 0.3) is 0 Å². The van der Waals surface area contributed by atoms with Crippen LogP contribution in [0.15, 0.2) is 29.6 Å². The second kappa shape index (κ2) is 7.04. The van der Waals surface area contributed by atoms with Crippen molar-refractivity contribution in [1.29, 1.82) is 0 Å². The summed E-state index contributed by atoms with van der Waals surface area (Å²) in [5.74, 6) is -0.190. The molecule has 0 bridgehead atoms. The van der Waals surface area contributed by atoms with Gasteiger partial charge in [-0.1, -0.05) is 13.0 Å². The number of anilines is 2. The molecule has 0 fully saturated rings. The van der Waals surface area contributed by atoms with Crippen molar-refractivity contribution in [1.82, 2.24) is 0 Å². The Morgan fingerprint density at radius 1 is 1.24 bits per heavy atom. The number of carbonyl (C=O) groups excluding carboxylic acids is 2. The summed E-state index contributed by atoms with van der Waals surface area (Å²) in [5.41, 5.74) is 2.92. The van der Waals surface area contributed by atoms with Crippen LogP contribution in [-0.4, -0.2) is 11.8 Å². The molecule has 1 heterocycles. The van der Waals surface area contributed by atoms with Gasteiger partial charge in [-0.3, -0.25) is 9.59 Å². The predicted molar refractivity (Wildman–Crippen MR) is 95.1 cm³/mol. The SMILES string of the molecule is CCC(=O)Nc1cccc(NC(=O)c2csc(I)c2)c1C. The van der Waals surface area contributed by atoms with Crippen LogP contribution in [0.5, 0.6) is 0 Å². The van der Waals surface area contributed by atoms with Gasteiger partial charge in [0.2, 0.25) is 5.91 Å². The third-order valence-corrected chi connectivity index (χ3v) is 4.80. The van der Waals surface area contributed by atoms with E-state index >= 15 is 0 Å². The Kier molecular flexibility index (Phi) is 5.35. The Morgan fingerprint density at radius 2 is 1.90 bits per heavy atom. The summed E-state index contributed by atoms with van der Waals surface area (Å²) in [4.78, 5) is 23.7. The van der Waals surface area contributed by atoms with E-state index in [1.165, 1.54) is 11.3 Å². The van der Waals surface area contributed by atoms with Crippen LogP contribution >= 0.6 is 33.9 Å². The van der Waals surface area contributed by atoms with Crippen molar-refractivity contribution in [3.63, 3.8) is 0 Å². The van der Waals surface area contributed by atoms with Crippen LogP contribution in [0.2, 0.25) is 0 Å². The third-order valence-electron chi connectivity index (χ3n) is 3.01. The first-order valence-electron chi connectivity index (χ1n) is 6.46. The molecule has 2 amide bonds. The highest BCUT2D eigenvalue weighted by Crippen LogP contribution is 2.25. The molecule has 0 unspecified atom stereocenters. The Morgan fingerprint density at radius 3 is 2.48 bits per heavy atom. The molecule has 0 saturated carbocycles. The van der Waals surface area contributed by atoms with Gasteiger partial charge < -0.3 is 10.6 Å². The van der Waals surface area contributed by atoms with E-state index < -0.39 is 0 Å². The van der Waals surface area contributed by atoms with Crippen molar-refractivity contribution in [2.45, 2.75) is 20.3 Å². The van der Waals surface area contributed by atoms with Gasteiger partial charge in [0, 0.05) is 23.2 Å². The molecule has 1 aromatic carbocycles. The van der Waals surface area contributed by atoms with Gasteiger partial charge in [-0.05, 0) is 53.3 Å². The highest BCUT2D eigenvalue weighted by atomic mass is 127. The lowest BCUT2D eigenvalue weighted by Gasteiger charge is -2.12. The number of nitrogens with one attached hydrogen (secondary N) is 2. The predicted octanol–water partition coefficient (Wildman–Crippen LogP) is 4.26. The maximum absolute atomic E-state index is 12.2. The molecule has 2 N–H and O–H groups in total. The van der Waals surface area contributed by atoms with E-state index in [4.69, 9.17) is 0 Å². The quantitative estimate of drug-likeness (QED) is 0.735. The van der Waals surface area contributed by atoms with Crippen LogP contribution < -0.4 is 10.6 Å². The number of hydrogen-bond donors (Lipinski definition) is 2. The molecule has 2 rings (SSSR count). The van der Waals surface area contributed by atoms with Crippen molar-refractivity contribution >= 4 is 57.1 Å². The average Bonchev–Trinajstić information content (AvgIpc) is 2.89. The highest BCUT2D eigenvalue weighted by Gasteiger charge is 2.12. The first kappa shape index (κ1) is 16.0. The van der Waals surface area contributed by atoms with Gasteiger partial charge >= 0.3 is 0 Å². The van der Waals surface area contributed by atoms with Gasteiger partial charge in [-0.15, -0.1) is 11.3 Å². The first-order valence-corrected chi connectivity index (χ1v) is 8.42. The summed E-state index contributed by atoms with van der Waals surface area (Å²) in [5, 5.41) is 7.54. The maximum atomic E-state index is 12.2. The minimum atomic E-state index is -0.142. The van der Waals surface area contributed by atoms with Crippen LogP contribution in [0, 0.1) is 9.81 Å². The van der Waals surface area contributed by atoms with E-state index in [0.29, 0.717) is 17.7 Å². The lowest BCUT2D eigenvalue weighted by molar-refractivity contribution is -0.115. The van der Waals surface area contributed by atoms with Gasteiger partial charge in [0.05, 0.1) is 8.45 Å². The molecular formula is C15H15IN2O2S. The van der Waals surface area contributed by atoms with Gasteiger partial charge in [-0.2, -0.15) is 0 Å². The molecule has 1 aromatic heterocycles. The minimum absolute atomic E-state index is 0.0473. The molecule has 0 radical (unpaired) electrons. The van der Waals surface area contributed by atoms with Gasteiger partial charge in [0.15, 0.2) is 0 Å². The number of hydrogen-bond acceptors (Lipinski definition) is 3. The lowest BCUT2D eigenvalue weighted by Crippen LogP contribution is -2.14. The lowest BCUT2D eigenvalue weighted by atomic mass is 10.1. The number of thiophene rings is 1. The van der Waals surface area contributed by atoms with Crippen LogP contribution in [0.4, 0.5) is 11.4 Å². The van der Waals surface area contributed by atoms with Gasteiger partial charge in [-0.25, -0.2) is 0 Å². The minimum Gasteiger partial charge on any atom is -0.326 e. The second-order valence-electron chi connectivity index (χ2n) is 4.47. The molecule has 0 saturated heterocycles. The number of rotatable bonds is 4. The number of benzene rings is 1. The third kappa shape index (κ3) is 4.04. The molecule has 0 atom stereocenters. The fraction of sp³-hybridized carbons (Fsp3) is 0.200. The van der Waals surface area contributed by atoms with Gasteiger partial charge in [0.25, 0.3) is 5.91 Å². The van der Waals surface area contributed by atoms with E-state index in [0.717, 1.165) is 14.1 Å². The standard InChI is InChI=1S/C15H15IN2O2S/c1-3-14(19)17-11-5-4-6-12(9(11)2)18-15(20)10-7-13(16)21-8-10/h4-8H,3H2,1-2H3,(H,17,19)(H,18,20). The molecule has 0 spiro atoms. The molecule has 0 aliphatic carbocycles. The molecule has 2 aromatic rings. The van der Waals surface area contributed by atoms with E-state index in [2.05, 4.69) is 33.2 Å². The Bertz CT molecular complexity index is 682. The monoisotopic (exact) mass is 414 g/mol. The zero-order valence-electron chi connectivity index (χ0n) is 11.7. The van der Waals surface area contributed by atoms with Crippen LogP contribution in [0.1, 0.15) is 29.3 Å². The zero-order valence-corrected chi connectivity index (χ0v) is 14.7.